The van der Waals surface area contributed by atoms with Gasteiger partial charge in [0.25, 0.3) is 11.8 Å². The number of nitrogens with zero attached hydrogens (tertiary/aromatic N) is 2. The van der Waals surface area contributed by atoms with Crippen molar-refractivity contribution >= 4 is 11.8 Å². The smallest absolute Gasteiger partial charge is 0.254 e. The van der Waals surface area contributed by atoms with Crippen molar-refractivity contribution in [2.45, 2.75) is 24.5 Å². The van der Waals surface area contributed by atoms with E-state index in [0.717, 1.165) is 23.2 Å². The molecule has 8 heteroatoms. The van der Waals surface area contributed by atoms with E-state index in [1.807, 2.05) is 31.3 Å². The Morgan fingerprint density at radius 3 is 2.00 bits per heavy atom. The Bertz CT molecular complexity index is 949. The second-order valence-corrected chi connectivity index (χ2v) is 8.59. The van der Waals surface area contributed by atoms with Crippen LogP contribution in [0.25, 0.3) is 11.1 Å². The summed E-state index contributed by atoms with van der Waals surface area (Å²) in [6.45, 7) is 2.61. The number of hydrogen-bond acceptors (Lipinski definition) is 6. The Morgan fingerprint density at radius 2 is 1.50 bits per heavy atom. The van der Waals surface area contributed by atoms with Crippen molar-refractivity contribution in [3.8, 4) is 11.1 Å². The van der Waals surface area contributed by atoms with Crippen molar-refractivity contribution in [2.24, 2.45) is 5.84 Å². The summed E-state index contributed by atoms with van der Waals surface area (Å²) < 4.78 is 0. The molecule has 1 aliphatic carbocycles. The number of nitrogens with one attached hydrogen (secondary N) is 2. The quantitative estimate of drug-likeness (QED) is 0.378. The molecule has 0 spiro atoms. The third kappa shape index (κ3) is 4.68. The summed E-state index contributed by atoms with van der Waals surface area (Å²) in [7, 11) is 1.89. The topological polar surface area (TPSA) is 111 Å². The van der Waals surface area contributed by atoms with E-state index in [2.05, 4.69) is 35.0 Å². The lowest BCUT2D eigenvalue weighted by Gasteiger charge is -2.35. The number of likely N-dealkylation sites (N-methyl/N-ethyl adjacent to an activating group) is 1. The van der Waals surface area contributed by atoms with Gasteiger partial charge in [0.2, 0.25) is 0 Å². The third-order valence-corrected chi connectivity index (χ3v) is 6.36. The van der Waals surface area contributed by atoms with Crippen molar-refractivity contribution in [3.05, 3.63) is 59.7 Å². The zero-order valence-electron chi connectivity index (χ0n) is 18.4. The molecule has 2 fully saturated rings. The second kappa shape index (κ2) is 9.38. The molecule has 1 saturated carbocycles. The number of carbonyl (C=O) groups is 2. The van der Waals surface area contributed by atoms with E-state index in [4.69, 9.17) is 5.84 Å². The normalized spacial score (nSPS) is 18.3. The maximum absolute atomic E-state index is 12.9. The molecular formula is C24H31N5O3. The lowest BCUT2D eigenvalue weighted by atomic mass is 10.00. The number of hydrazine groups is 1. The lowest BCUT2D eigenvalue weighted by molar-refractivity contribution is -0.143. The number of piperazine rings is 1. The first-order valence-corrected chi connectivity index (χ1v) is 11.1. The molecule has 1 saturated heterocycles. The predicted molar refractivity (Wildman–Crippen MR) is 123 cm³/mol. The molecule has 0 radical (unpaired) electrons. The number of rotatable bonds is 7. The zero-order valence-corrected chi connectivity index (χ0v) is 18.4. The number of hydrogen-bond donors (Lipinski definition) is 4. The van der Waals surface area contributed by atoms with Gasteiger partial charge in [0.15, 0.2) is 0 Å². The van der Waals surface area contributed by atoms with Crippen molar-refractivity contribution in [1.82, 2.24) is 20.5 Å². The molecule has 8 nitrogen and oxygen atoms in total. The maximum atomic E-state index is 12.9. The third-order valence-electron chi connectivity index (χ3n) is 6.36. The standard InChI is InChI=1S/C24H31N5O3/c1-26-16-21(27-25)19-6-2-17(3-7-19)18-4-8-20(9-5-18)22(30)28-12-14-29(15-13-28)23(31)24(32)10-11-24/h2-9,21,26-27,32H,10-16,25H2,1H3. The number of aliphatic hydroxyl groups is 1. The first-order chi connectivity index (χ1) is 15.4. The number of benzene rings is 2. The molecule has 1 heterocycles. The number of nitrogens with two attached hydrogens (primary N) is 1. The molecule has 2 aromatic carbocycles. The summed E-state index contributed by atoms with van der Waals surface area (Å²) in [6.07, 6.45) is 1.08. The van der Waals surface area contributed by atoms with E-state index in [-0.39, 0.29) is 17.9 Å². The van der Waals surface area contributed by atoms with Crippen LogP contribution in [0.2, 0.25) is 0 Å². The first kappa shape index (κ1) is 22.4. The van der Waals surface area contributed by atoms with Crippen LogP contribution in [-0.4, -0.2) is 72.1 Å². The average molecular weight is 438 g/mol. The van der Waals surface area contributed by atoms with Gasteiger partial charge in [-0.25, -0.2) is 0 Å². The molecule has 1 aliphatic heterocycles. The van der Waals surface area contributed by atoms with Gasteiger partial charge in [-0.1, -0.05) is 36.4 Å². The minimum Gasteiger partial charge on any atom is -0.380 e. The van der Waals surface area contributed by atoms with E-state index in [0.29, 0.717) is 44.6 Å². The van der Waals surface area contributed by atoms with E-state index >= 15 is 0 Å². The van der Waals surface area contributed by atoms with Crippen LogP contribution in [0.15, 0.2) is 48.5 Å². The van der Waals surface area contributed by atoms with Gasteiger partial charge in [-0.2, -0.15) is 0 Å². The summed E-state index contributed by atoms with van der Waals surface area (Å²) in [6, 6.07) is 15.9. The highest BCUT2D eigenvalue weighted by Crippen LogP contribution is 2.37. The van der Waals surface area contributed by atoms with Gasteiger partial charge in [0.1, 0.15) is 5.60 Å². The summed E-state index contributed by atoms with van der Waals surface area (Å²) in [4.78, 5) is 28.6. The largest absolute Gasteiger partial charge is 0.380 e. The minimum absolute atomic E-state index is 0.0342. The monoisotopic (exact) mass is 437 g/mol. The Kier molecular flexibility index (Phi) is 6.57. The van der Waals surface area contributed by atoms with E-state index < -0.39 is 5.60 Å². The van der Waals surface area contributed by atoms with Crippen LogP contribution in [-0.2, 0) is 4.79 Å². The maximum Gasteiger partial charge on any atom is 0.254 e. The summed E-state index contributed by atoms with van der Waals surface area (Å²) in [5.41, 5.74) is 5.50. The lowest BCUT2D eigenvalue weighted by Crippen LogP contribution is -2.53. The molecule has 4 rings (SSSR count). The van der Waals surface area contributed by atoms with Gasteiger partial charge in [0.05, 0.1) is 6.04 Å². The van der Waals surface area contributed by atoms with Gasteiger partial charge in [-0.05, 0) is 48.7 Å². The van der Waals surface area contributed by atoms with Crippen molar-refractivity contribution in [2.75, 3.05) is 39.8 Å². The van der Waals surface area contributed by atoms with Gasteiger partial charge < -0.3 is 20.2 Å². The van der Waals surface area contributed by atoms with Crippen LogP contribution in [0, 0.1) is 0 Å². The zero-order chi connectivity index (χ0) is 22.7. The Labute approximate surface area is 188 Å². The molecular weight excluding hydrogens is 406 g/mol. The number of amides is 2. The van der Waals surface area contributed by atoms with Gasteiger partial charge in [-0.3, -0.25) is 20.9 Å². The molecule has 0 aromatic heterocycles. The van der Waals surface area contributed by atoms with Crippen molar-refractivity contribution in [1.29, 1.82) is 0 Å². The molecule has 2 aliphatic rings. The SMILES string of the molecule is CNCC(NN)c1ccc(-c2ccc(C(=O)N3CCN(C(=O)C4(O)CC4)CC3)cc2)cc1. The fraction of sp³-hybridized carbons (Fsp3) is 0.417. The molecule has 2 amide bonds. The highest BCUT2D eigenvalue weighted by molar-refractivity contribution is 5.95. The molecule has 1 unspecified atom stereocenters. The fourth-order valence-electron chi connectivity index (χ4n) is 4.11. The Morgan fingerprint density at radius 1 is 0.969 bits per heavy atom. The first-order valence-electron chi connectivity index (χ1n) is 11.1. The van der Waals surface area contributed by atoms with E-state index in [1.54, 1.807) is 9.80 Å². The average Bonchev–Trinajstić information content (AvgIpc) is 3.60. The van der Waals surface area contributed by atoms with Gasteiger partial charge >= 0.3 is 0 Å². The van der Waals surface area contributed by atoms with E-state index in [9.17, 15) is 14.7 Å². The van der Waals surface area contributed by atoms with Crippen LogP contribution in [0.5, 0.6) is 0 Å². The second-order valence-electron chi connectivity index (χ2n) is 8.59. The van der Waals surface area contributed by atoms with Crippen LogP contribution < -0.4 is 16.6 Å². The Balaban J connectivity index is 1.36. The number of carbonyl (C=O) groups excluding carboxylic acids is 2. The van der Waals surface area contributed by atoms with Crippen LogP contribution in [0.4, 0.5) is 0 Å². The van der Waals surface area contributed by atoms with Gasteiger partial charge in [0, 0.05) is 38.3 Å². The van der Waals surface area contributed by atoms with Crippen LogP contribution >= 0.6 is 0 Å². The Hall–Kier alpha value is -2.78. The minimum atomic E-state index is -1.14. The predicted octanol–water partition coefficient (Wildman–Crippen LogP) is 0.887. The van der Waals surface area contributed by atoms with Crippen molar-refractivity contribution in [3.63, 3.8) is 0 Å². The summed E-state index contributed by atoms with van der Waals surface area (Å²) >= 11 is 0. The molecule has 170 valence electrons. The van der Waals surface area contributed by atoms with Crippen LogP contribution in [0.3, 0.4) is 0 Å². The molecule has 5 N–H and O–H groups in total. The highest BCUT2D eigenvalue weighted by Gasteiger charge is 2.50. The summed E-state index contributed by atoms with van der Waals surface area (Å²) in [5.74, 6) is 5.41. The molecule has 32 heavy (non-hydrogen) atoms. The summed E-state index contributed by atoms with van der Waals surface area (Å²) in [5, 5.41) is 13.1. The highest BCUT2D eigenvalue weighted by atomic mass is 16.3. The molecule has 2 aromatic rings. The van der Waals surface area contributed by atoms with E-state index in [1.165, 1.54) is 0 Å². The molecule has 0 bridgehead atoms. The fourth-order valence-corrected chi connectivity index (χ4v) is 4.11. The van der Waals surface area contributed by atoms with Gasteiger partial charge in [-0.15, -0.1) is 0 Å². The van der Waals surface area contributed by atoms with Crippen LogP contribution in [0.1, 0.15) is 34.8 Å². The van der Waals surface area contributed by atoms with Crippen molar-refractivity contribution < 1.29 is 14.7 Å². The molecule has 1 atom stereocenters.